The van der Waals surface area contributed by atoms with Crippen molar-refractivity contribution >= 4 is 0 Å². The Hall–Kier alpha value is -0.0400. The summed E-state index contributed by atoms with van der Waals surface area (Å²) < 4.78 is 0. The molecule has 126 valence electrons. The Morgan fingerprint density at radius 1 is 0.909 bits per heavy atom. The fourth-order valence-electron chi connectivity index (χ4n) is 7.73. The standard InChI is InChI=1S/C21H37N/c1-4-22-16-9-13-21(3)15(14-16)7-8-17-18-6-5-11-20(18,2)12-10-19(17)21/h15-19,22H,4-14H2,1-3H3. The minimum Gasteiger partial charge on any atom is -0.314 e. The molecule has 4 fully saturated rings. The van der Waals surface area contributed by atoms with E-state index in [1.807, 2.05) is 0 Å². The van der Waals surface area contributed by atoms with Gasteiger partial charge in [-0.25, -0.2) is 0 Å². The second kappa shape index (κ2) is 5.50. The van der Waals surface area contributed by atoms with E-state index in [9.17, 15) is 0 Å². The molecule has 0 radical (unpaired) electrons. The van der Waals surface area contributed by atoms with Gasteiger partial charge in [-0.3, -0.25) is 0 Å². The SMILES string of the molecule is CCNC1CCC2(C)C(CCC3C4CCCC4(C)CCC32)C1. The van der Waals surface area contributed by atoms with Crippen LogP contribution >= 0.6 is 0 Å². The Kier molecular flexibility index (Phi) is 3.87. The molecule has 0 saturated heterocycles. The van der Waals surface area contributed by atoms with Crippen LogP contribution in [0.1, 0.15) is 85.0 Å². The summed E-state index contributed by atoms with van der Waals surface area (Å²) in [4.78, 5) is 0. The number of fused-ring (bicyclic) bond motifs is 5. The molecule has 4 aliphatic carbocycles. The van der Waals surface area contributed by atoms with Gasteiger partial charge >= 0.3 is 0 Å². The molecule has 4 aliphatic rings. The van der Waals surface area contributed by atoms with Gasteiger partial charge in [-0.05, 0) is 98.8 Å². The summed E-state index contributed by atoms with van der Waals surface area (Å²) in [6.45, 7) is 8.76. The van der Waals surface area contributed by atoms with E-state index in [2.05, 4.69) is 26.1 Å². The normalized spacial score (nSPS) is 54.4. The summed E-state index contributed by atoms with van der Waals surface area (Å²) >= 11 is 0. The summed E-state index contributed by atoms with van der Waals surface area (Å²) in [5.41, 5.74) is 1.41. The van der Waals surface area contributed by atoms with Crippen LogP contribution in [0.5, 0.6) is 0 Å². The van der Waals surface area contributed by atoms with E-state index >= 15 is 0 Å². The Morgan fingerprint density at radius 3 is 2.59 bits per heavy atom. The maximum absolute atomic E-state index is 3.75. The van der Waals surface area contributed by atoms with Crippen LogP contribution in [0, 0.1) is 34.5 Å². The van der Waals surface area contributed by atoms with Crippen LogP contribution in [0.15, 0.2) is 0 Å². The van der Waals surface area contributed by atoms with E-state index in [1.54, 1.807) is 19.3 Å². The summed E-state index contributed by atoms with van der Waals surface area (Å²) in [5, 5.41) is 3.75. The highest BCUT2D eigenvalue weighted by molar-refractivity contribution is 5.07. The molecule has 22 heavy (non-hydrogen) atoms. The number of hydrogen-bond acceptors (Lipinski definition) is 1. The van der Waals surface area contributed by atoms with Gasteiger partial charge in [0.05, 0.1) is 0 Å². The van der Waals surface area contributed by atoms with Gasteiger partial charge in [0.2, 0.25) is 0 Å². The van der Waals surface area contributed by atoms with E-state index in [1.165, 1.54) is 44.9 Å². The van der Waals surface area contributed by atoms with E-state index in [4.69, 9.17) is 0 Å². The topological polar surface area (TPSA) is 12.0 Å². The first-order valence-electron chi connectivity index (χ1n) is 10.3. The van der Waals surface area contributed by atoms with Crippen molar-refractivity contribution in [2.24, 2.45) is 34.5 Å². The maximum atomic E-state index is 3.75. The second-order valence-corrected chi connectivity index (χ2v) is 9.77. The Balaban J connectivity index is 1.54. The molecule has 0 aromatic rings. The minimum atomic E-state index is 0.679. The van der Waals surface area contributed by atoms with Crippen molar-refractivity contribution in [1.29, 1.82) is 0 Å². The van der Waals surface area contributed by atoms with Crippen LogP contribution in [-0.4, -0.2) is 12.6 Å². The van der Waals surface area contributed by atoms with Gasteiger partial charge in [0, 0.05) is 6.04 Å². The van der Waals surface area contributed by atoms with Crippen LogP contribution in [0.2, 0.25) is 0 Å². The van der Waals surface area contributed by atoms with Crippen molar-refractivity contribution in [2.45, 2.75) is 91.0 Å². The Bertz CT molecular complexity index is 418. The highest BCUT2D eigenvalue weighted by Crippen LogP contribution is 2.66. The van der Waals surface area contributed by atoms with Crippen LogP contribution in [0.3, 0.4) is 0 Å². The molecular weight excluding hydrogens is 266 g/mol. The third kappa shape index (κ3) is 2.21. The first kappa shape index (κ1) is 15.5. The van der Waals surface area contributed by atoms with Gasteiger partial charge in [-0.1, -0.05) is 27.2 Å². The molecular formula is C21H37N. The zero-order valence-corrected chi connectivity index (χ0v) is 15.2. The van der Waals surface area contributed by atoms with Gasteiger partial charge in [0.25, 0.3) is 0 Å². The fourth-order valence-corrected chi connectivity index (χ4v) is 7.73. The summed E-state index contributed by atoms with van der Waals surface area (Å²) in [6.07, 6.45) is 15.2. The molecule has 1 nitrogen and oxygen atoms in total. The van der Waals surface area contributed by atoms with E-state index < -0.39 is 0 Å². The van der Waals surface area contributed by atoms with Crippen molar-refractivity contribution in [3.05, 3.63) is 0 Å². The quantitative estimate of drug-likeness (QED) is 0.720. The van der Waals surface area contributed by atoms with Crippen molar-refractivity contribution in [3.63, 3.8) is 0 Å². The predicted molar refractivity (Wildman–Crippen MR) is 93.8 cm³/mol. The molecule has 0 spiro atoms. The van der Waals surface area contributed by atoms with Crippen molar-refractivity contribution in [1.82, 2.24) is 5.32 Å². The number of rotatable bonds is 2. The molecule has 1 heteroatoms. The number of nitrogens with one attached hydrogen (secondary N) is 1. The lowest BCUT2D eigenvalue weighted by atomic mass is 9.45. The largest absolute Gasteiger partial charge is 0.314 e. The Morgan fingerprint density at radius 2 is 1.77 bits per heavy atom. The molecule has 0 aromatic carbocycles. The molecule has 0 aromatic heterocycles. The minimum absolute atomic E-state index is 0.679. The summed E-state index contributed by atoms with van der Waals surface area (Å²) in [5.74, 6) is 4.23. The van der Waals surface area contributed by atoms with Crippen LogP contribution in [-0.2, 0) is 0 Å². The second-order valence-electron chi connectivity index (χ2n) is 9.77. The van der Waals surface area contributed by atoms with Gasteiger partial charge in [0.15, 0.2) is 0 Å². The zero-order valence-electron chi connectivity index (χ0n) is 15.2. The summed E-state index contributed by atoms with van der Waals surface area (Å²) in [6, 6.07) is 0.819. The molecule has 7 atom stereocenters. The van der Waals surface area contributed by atoms with Crippen LogP contribution in [0.25, 0.3) is 0 Å². The van der Waals surface area contributed by atoms with Crippen molar-refractivity contribution in [2.75, 3.05) is 6.54 Å². The average Bonchev–Trinajstić information content (AvgIpc) is 2.89. The van der Waals surface area contributed by atoms with E-state index in [0.29, 0.717) is 5.41 Å². The molecule has 0 bridgehead atoms. The van der Waals surface area contributed by atoms with Crippen LogP contribution < -0.4 is 5.32 Å². The first-order chi connectivity index (χ1) is 10.6. The Labute approximate surface area is 138 Å². The van der Waals surface area contributed by atoms with Gasteiger partial charge in [-0.2, -0.15) is 0 Å². The third-order valence-corrected chi connectivity index (χ3v) is 8.94. The number of hydrogen-bond donors (Lipinski definition) is 1. The average molecular weight is 304 g/mol. The lowest BCUT2D eigenvalue weighted by molar-refractivity contribution is -0.107. The molecule has 7 unspecified atom stereocenters. The predicted octanol–water partition coefficient (Wildman–Crippen LogP) is 5.40. The van der Waals surface area contributed by atoms with Crippen molar-refractivity contribution < 1.29 is 0 Å². The third-order valence-electron chi connectivity index (χ3n) is 8.94. The first-order valence-corrected chi connectivity index (χ1v) is 10.3. The highest BCUT2D eigenvalue weighted by Gasteiger charge is 2.57. The van der Waals surface area contributed by atoms with E-state index in [-0.39, 0.29) is 0 Å². The monoisotopic (exact) mass is 303 g/mol. The van der Waals surface area contributed by atoms with Crippen LogP contribution in [0.4, 0.5) is 0 Å². The highest BCUT2D eigenvalue weighted by atomic mass is 14.9. The van der Waals surface area contributed by atoms with Gasteiger partial charge in [0.1, 0.15) is 0 Å². The molecule has 0 aliphatic heterocycles. The smallest absolute Gasteiger partial charge is 0.00699 e. The fraction of sp³-hybridized carbons (Fsp3) is 1.00. The van der Waals surface area contributed by atoms with Gasteiger partial charge in [-0.15, -0.1) is 0 Å². The maximum Gasteiger partial charge on any atom is 0.00699 e. The van der Waals surface area contributed by atoms with Crippen molar-refractivity contribution in [3.8, 4) is 0 Å². The molecule has 0 amide bonds. The lowest BCUT2D eigenvalue weighted by Crippen LogP contribution is -2.54. The van der Waals surface area contributed by atoms with E-state index in [0.717, 1.165) is 41.7 Å². The summed E-state index contributed by atoms with van der Waals surface area (Å²) in [7, 11) is 0. The molecule has 1 N–H and O–H groups in total. The molecule has 0 heterocycles. The van der Waals surface area contributed by atoms with Gasteiger partial charge < -0.3 is 5.32 Å². The zero-order chi connectivity index (χ0) is 15.4. The lowest BCUT2D eigenvalue weighted by Gasteiger charge is -2.60. The molecule has 4 saturated carbocycles. The molecule has 4 rings (SSSR count).